The Bertz CT molecular complexity index is 1370. The Kier molecular flexibility index (Phi) is 4.39. The van der Waals surface area contributed by atoms with Gasteiger partial charge in [0, 0.05) is 38.9 Å². The maximum Gasteiger partial charge on any atom is 0.162 e. The molecule has 1 aromatic carbocycles. The molecule has 2 aliphatic heterocycles. The number of ketones is 1. The minimum absolute atomic E-state index is 0.106. The third-order valence-electron chi connectivity index (χ3n) is 6.32. The number of aliphatic imine (C=N–C) groups is 1. The SMILES string of the molecule is N#CC1=C2N=C(N)c3ccccc3N2C2=C(C(=O)CC(c3cccs3)C2)C1c1cccs1. The van der Waals surface area contributed by atoms with Crippen molar-refractivity contribution in [1.29, 1.82) is 5.26 Å². The number of fused-ring (bicyclic) bond motifs is 4. The molecule has 2 atom stereocenters. The van der Waals surface area contributed by atoms with Crippen LogP contribution in [0.2, 0.25) is 0 Å². The number of hydrogen-bond donors (Lipinski definition) is 1. The Labute approximate surface area is 193 Å². The van der Waals surface area contributed by atoms with Crippen LogP contribution in [0.4, 0.5) is 5.69 Å². The zero-order chi connectivity index (χ0) is 21.8. The molecule has 0 amide bonds. The third-order valence-corrected chi connectivity index (χ3v) is 8.30. The van der Waals surface area contributed by atoms with E-state index in [4.69, 9.17) is 10.7 Å². The van der Waals surface area contributed by atoms with Gasteiger partial charge in [0.2, 0.25) is 0 Å². The van der Waals surface area contributed by atoms with Gasteiger partial charge in [-0.05, 0) is 41.4 Å². The first kappa shape index (κ1) is 19.2. The lowest BCUT2D eigenvalue weighted by Crippen LogP contribution is -2.40. The van der Waals surface area contributed by atoms with Gasteiger partial charge in [-0.3, -0.25) is 9.69 Å². The maximum absolute atomic E-state index is 13.7. The number of amidine groups is 1. The standard InChI is InChI=1S/C25H18N4OS2/c26-13-16-22(21-8-4-10-32-21)23-18(11-14(12-19(23)30)20-7-3-9-31-20)29-17-6-2-1-5-15(17)24(27)28-25(16)29/h1-10,14,22H,11-12H2,(H2,27,28). The van der Waals surface area contributed by atoms with Crippen molar-refractivity contribution in [3.8, 4) is 6.07 Å². The van der Waals surface area contributed by atoms with Crippen LogP contribution < -0.4 is 10.6 Å². The molecule has 0 saturated heterocycles. The van der Waals surface area contributed by atoms with Crippen LogP contribution in [0.3, 0.4) is 0 Å². The van der Waals surface area contributed by atoms with E-state index in [0.29, 0.717) is 23.7 Å². The molecular formula is C25H18N4OS2. The zero-order valence-corrected chi connectivity index (χ0v) is 18.6. The summed E-state index contributed by atoms with van der Waals surface area (Å²) in [5, 5.41) is 14.3. The van der Waals surface area contributed by atoms with Gasteiger partial charge in [0.15, 0.2) is 11.6 Å². The number of rotatable bonds is 2. The van der Waals surface area contributed by atoms with E-state index in [9.17, 15) is 10.1 Å². The smallest absolute Gasteiger partial charge is 0.162 e. The Morgan fingerprint density at radius 3 is 2.50 bits per heavy atom. The summed E-state index contributed by atoms with van der Waals surface area (Å²) < 4.78 is 0. The van der Waals surface area contributed by atoms with Crippen LogP contribution in [-0.4, -0.2) is 11.6 Å². The van der Waals surface area contributed by atoms with Crippen molar-refractivity contribution < 1.29 is 4.79 Å². The average Bonchev–Trinajstić information content (AvgIpc) is 3.52. The fourth-order valence-corrected chi connectivity index (χ4v) is 6.65. The van der Waals surface area contributed by atoms with E-state index in [1.807, 2.05) is 52.7 Å². The van der Waals surface area contributed by atoms with E-state index in [1.165, 1.54) is 4.88 Å². The molecule has 4 heterocycles. The van der Waals surface area contributed by atoms with Gasteiger partial charge >= 0.3 is 0 Å². The lowest BCUT2D eigenvalue weighted by molar-refractivity contribution is -0.116. The van der Waals surface area contributed by atoms with Crippen LogP contribution in [0.1, 0.15) is 40.0 Å². The van der Waals surface area contributed by atoms with Crippen molar-refractivity contribution in [3.05, 3.63) is 97.3 Å². The fourth-order valence-electron chi connectivity index (χ4n) is 4.98. The van der Waals surface area contributed by atoms with Crippen LogP contribution >= 0.6 is 22.7 Å². The highest BCUT2D eigenvalue weighted by molar-refractivity contribution is 7.10. The Morgan fingerprint density at radius 2 is 1.78 bits per heavy atom. The Morgan fingerprint density at radius 1 is 1.03 bits per heavy atom. The van der Waals surface area contributed by atoms with Gasteiger partial charge in [0.25, 0.3) is 0 Å². The van der Waals surface area contributed by atoms with E-state index in [0.717, 1.165) is 33.8 Å². The largest absolute Gasteiger partial charge is 0.383 e. The molecule has 2 aromatic heterocycles. The highest BCUT2D eigenvalue weighted by Crippen LogP contribution is 2.52. The molecule has 0 saturated carbocycles. The van der Waals surface area contributed by atoms with Crippen molar-refractivity contribution in [3.63, 3.8) is 0 Å². The summed E-state index contributed by atoms with van der Waals surface area (Å²) in [6.45, 7) is 0. The minimum Gasteiger partial charge on any atom is -0.383 e. The molecule has 0 spiro atoms. The monoisotopic (exact) mass is 454 g/mol. The van der Waals surface area contributed by atoms with E-state index in [1.54, 1.807) is 22.7 Å². The second-order valence-electron chi connectivity index (χ2n) is 8.05. The minimum atomic E-state index is -0.403. The molecule has 3 aromatic rings. The lowest BCUT2D eigenvalue weighted by Gasteiger charge is -2.43. The number of thiophene rings is 2. The molecule has 0 fully saturated rings. The predicted molar refractivity (Wildman–Crippen MR) is 128 cm³/mol. The van der Waals surface area contributed by atoms with Gasteiger partial charge in [-0.2, -0.15) is 5.26 Å². The normalized spacial score (nSPS) is 22.2. The van der Waals surface area contributed by atoms with Gasteiger partial charge in [-0.25, -0.2) is 4.99 Å². The van der Waals surface area contributed by atoms with Gasteiger partial charge in [-0.15, -0.1) is 22.7 Å². The summed E-state index contributed by atoms with van der Waals surface area (Å²) in [6, 6.07) is 18.3. The molecular weight excluding hydrogens is 436 g/mol. The molecule has 7 heteroatoms. The lowest BCUT2D eigenvalue weighted by atomic mass is 9.74. The van der Waals surface area contributed by atoms with Crippen molar-refractivity contribution in [2.45, 2.75) is 24.7 Å². The van der Waals surface area contributed by atoms with Crippen LogP contribution in [0.25, 0.3) is 0 Å². The number of Topliss-reactive ketones (excluding diaryl/α,β-unsaturated/α-hetero) is 1. The summed E-state index contributed by atoms with van der Waals surface area (Å²) in [4.78, 5) is 22.6. The van der Waals surface area contributed by atoms with E-state index < -0.39 is 5.92 Å². The summed E-state index contributed by atoms with van der Waals surface area (Å²) in [7, 11) is 0. The molecule has 0 bridgehead atoms. The number of nitriles is 1. The fraction of sp³-hybridized carbons (Fsp3) is 0.160. The summed E-state index contributed by atoms with van der Waals surface area (Å²) in [6.07, 6.45) is 1.17. The number of nitrogens with zero attached hydrogens (tertiary/aromatic N) is 3. The quantitative estimate of drug-likeness (QED) is 0.572. The first-order valence-corrected chi connectivity index (χ1v) is 12.1. The van der Waals surface area contributed by atoms with E-state index in [-0.39, 0.29) is 11.7 Å². The number of para-hydroxylation sites is 1. The van der Waals surface area contributed by atoms with Crippen LogP contribution in [0.15, 0.2) is 86.9 Å². The third kappa shape index (κ3) is 2.73. The molecule has 2 unspecified atom stereocenters. The Hall–Kier alpha value is -3.47. The second-order valence-corrected chi connectivity index (χ2v) is 10.0. The molecule has 0 radical (unpaired) electrons. The van der Waals surface area contributed by atoms with Crippen LogP contribution in [0, 0.1) is 11.3 Å². The topological polar surface area (TPSA) is 82.5 Å². The predicted octanol–water partition coefficient (Wildman–Crippen LogP) is 5.27. The van der Waals surface area contributed by atoms with Gasteiger partial charge < -0.3 is 5.73 Å². The van der Waals surface area contributed by atoms with Gasteiger partial charge in [0.1, 0.15) is 5.84 Å². The van der Waals surface area contributed by atoms with Crippen LogP contribution in [0.5, 0.6) is 0 Å². The highest BCUT2D eigenvalue weighted by Gasteiger charge is 2.45. The van der Waals surface area contributed by atoms with E-state index in [2.05, 4.69) is 17.5 Å². The first-order valence-electron chi connectivity index (χ1n) is 10.4. The van der Waals surface area contributed by atoms with Gasteiger partial charge in [0.05, 0.1) is 23.2 Å². The number of benzene rings is 1. The second kappa shape index (κ2) is 7.30. The number of carbonyl (C=O) groups is 1. The van der Waals surface area contributed by atoms with Crippen molar-refractivity contribution in [1.82, 2.24) is 0 Å². The van der Waals surface area contributed by atoms with Gasteiger partial charge in [-0.1, -0.05) is 24.3 Å². The zero-order valence-electron chi connectivity index (χ0n) is 17.0. The molecule has 5 nitrogen and oxygen atoms in total. The number of allylic oxidation sites excluding steroid dienone is 3. The molecule has 32 heavy (non-hydrogen) atoms. The number of nitrogens with two attached hydrogens (primary N) is 1. The van der Waals surface area contributed by atoms with Crippen LogP contribution in [-0.2, 0) is 4.79 Å². The van der Waals surface area contributed by atoms with E-state index >= 15 is 0 Å². The number of hydrogen-bond acceptors (Lipinski definition) is 7. The molecule has 6 rings (SSSR count). The maximum atomic E-state index is 13.7. The summed E-state index contributed by atoms with van der Waals surface area (Å²) in [5.41, 5.74) is 10.2. The molecule has 3 aliphatic rings. The molecule has 2 N–H and O–H groups in total. The first-order chi connectivity index (χ1) is 15.7. The molecule has 156 valence electrons. The highest BCUT2D eigenvalue weighted by atomic mass is 32.1. The number of carbonyl (C=O) groups excluding carboxylic acids is 1. The Balaban J connectivity index is 1.63. The van der Waals surface area contributed by atoms with Crippen molar-refractivity contribution >= 4 is 40.0 Å². The van der Waals surface area contributed by atoms with Crippen molar-refractivity contribution in [2.75, 3.05) is 4.90 Å². The number of anilines is 1. The summed E-state index contributed by atoms with van der Waals surface area (Å²) >= 11 is 3.25. The average molecular weight is 455 g/mol. The molecule has 1 aliphatic carbocycles. The summed E-state index contributed by atoms with van der Waals surface area (Å²) in [5.74, 6) is 0.756. The van der Waals surface area contributed by atoms with Crippen molar-refractivity contribution in [2.24, 2.45) is 10.7 Å².